The SMILES string of the molecule is CN1CCC(Nn2c(S(=O)(=O)c3ccccc3)cc3cc(Cl)ccc32)CC1. The number of nitrogens with one attached hydrogen (secondary N) is 1. The predicted octanol–water partition coefficient (Wildman–Crippen LogP) is 3.77. The number of benzene rings is 2. The first-order valence-electron chi connectivity index (χ1n) is 9.01. The van der Waals surface area contributed by atoms with Gasteiger partial charge in [-0.05, 0) is 69.4 Å². The van der Waals surface area contributed by atoms with Gasteiger partial charge in [-0.2, -0.15) is 0 Å². The maximum absolute atomic E-state index is 13.3. The average Bonchev–Trinajstić information content (AvgIpc) is 3.02. The Morgan fingerprint density at radius 1 is 1.04 bits per heavy atom. The number of aromatic nitrogens is 1. The zero-order valence-electron chi connectivity index (χ0n) is 15.1. The van der Waals surface area contributed by atoms with E-state index in [9.17, 15) is 8.42 Å². The molecule has 27 heavy (non-hydrogen) atoms. The summed E-state index contributed by atoms with van der Waals surface area (Å²) in [4.78, 5) is 2.57. The van der Waals surface area contributed by atoms with Gasteiger partial charge in [-0.25, -0.2) is 13.1 Å². The van der Waals surface area contributed by atoms with Crippen LogP contribution >= 0.6 is 11.6 Å². The van der Waals surface area contributed by atoms with Crippen LogP contribution in [0.4, 0.5) is 0 Å². The van der Waals surface area contributed by atoms with Crippen molar-refractivity contribution in [2.24, 2.45) is 0 Å². The Labute approximate surface area is 164 Å². The van der Waals surface area contributed by atoms with Crippen LogP contribution in [0.3, 0.4) is 0 Å². The molecule has 0 bridgehead atoms. The van der Waals surface area contributed by atoms with Crippen molar-refractivity contribution in [3.05, 3.63) is 59.6 Å². The number of halogens is 1. The summed E-state index contributed by atoms with van der Waals surface area (Å²) in [6, 6.07) is 15.9. The maximum Gasteiger partial charge on any atom is 0.223 e. The molecule has 4 rings (SSSR count). The van der Waals surface area contributed by atoms with Crippen LogP contribution in [0.25, 0.3) is 10.9 Å². The third kappa shape index (κ3) is 3.57. The van der Waals surface area contributed by atoms with Gasteiger partial charge in [-0.15, -0.1) is 0 Å². The Hall–Kier alpha value is -2.02. The summed E-state index contributed by atoms with van der Waals surface area (Å²) in [6.07, 6.45) is 1.93. The molecule has 1 aliphatic heterocycles. The molecule has 0 saturated carbocycles. The van der Waals surface area contributed by atoms with Crippen molar-refractivity contribution >= 4 is 32.3 Å². The Bertz CT molecular complexity index is 1060. The smallest absolute Gasteiger partial charge is 0.223 e. The minimum atomic E-state index is -3.66. The molecule has 0 aliphatic carbocycles. The Morgan fingerprint density at radius 2 is 1.74 bits per heavy atom. The van der Waals surface area contributed by atoms with Crippen LogP contribution in [0.2, 0.25) is 5.02 Å². The van der Waals surface area contributed by atoms with Gasteiger partial charge in [-0.3, -0.25) is 0 Å². The molecule has 1 N–H and O–H groups in total. The Balaban J connectivity index is 1.82. The summed E-state index contributed by atoms with van der Waals surface area (Å²) in [7, 11) is -1.55. The molecule has 1 aromatic heterocycles. The number of sulfone groups is 1. The highest BCUT2D eigenvalue weighted by atomic mass is 35.5. The lowest BCUT2D eigenvalue weighted by molar-refractivity contribution is 0.257. The monoisotopic (exact) mass is 403 g/mol. The predicted molar refractivity (Wildman–Crippen MR) is 109 cm³/mol. The largest absolute Gasteiger partial charge is 0.322 e. The van der Waals surface area contributed by atoms with Gasteiger partial charge >= 0.3 is 0 Å². The summed E-state index contributed by atoms with van der Waals surface area (Å²) >= 11 is 6.13. The van der Waals surface area contributed by atoms with Crippen LogP contribution in [-0.4, -0.2) is 44.2 Å². The molecule has 0 radical (unpaired) electrons. The van der Waals surface area contributed by atoms with Crippen LogP contribution in [0.5, 0.6) is 0 Å². The number of nitrogens with zero attached hydrogens (tertiary/aromatic N) is 2. The van der Waals surface area contributed by atoms with Crippen LogP contribution in [0.15, 0.2) is 64.5 Å². The fraction of sp³-hybridized carbons (Fsp3) is 0.300. The van der Waals surface area contributed by atoms with Crippen molar-refractivity contribution in [1.29, 1.82) is 0 Å². The van der Waals surface area contributed by atoms with E-state index < -0.39 is 9.84 Å². The van der Waals surface area contributed by atoms with Crippen molar-refractivity contribution in [1.82, 2.24) is 9.58 Å². The summed E-state index contributed by atoms with van der Waals surface area (Å²) in [5.41, 5.74) is 4.27. The number of likely N-dealkylation sites (tertiary alicyclic amines) is 1. The number of rotatable bonds is 4. The van der Waals surface area contributed by atoms with Gasteiger partial charge < -0.3 is 10.3 Å². The second-order valence-electron chi connectivity index (χ2n) is 7.04. The Morgan fingerprint density at radius 3 is 2.44 bits per heavy atom. The molecule has 3 aromatic rings. The fourth-order valence-corrected chi connectivity index (χ4v) is 5.14. The zero-order chi connectivity index (χ0) is 19.0. The van der Waals surface area contributed by atoms with Gasteiger partial charge in [0.25, 0.3) is 0 Å². The number of piperidine rings is 1. The van der Waals surface area contributed by atoms with Crippen molar-refractivity contribution in [2.75, 3.05) is 25.6 Å². The summed E-state index contributed by atoms with van der Waals surface area (Å²) in [5.74, 6) is 0. The lowest BCUT2D eigenvalue weighted by Gasteiger charge is -2.31. The van der Waals surface area contributed by atoms with E-state index in [0.717, 1.165) is 36.8 Å². The van der Waals surface area contributed by atoms with E-state index in [1.807, 2.05) is 12.1 Å². The molecule has 0 amide bonds. The molecule has 1 fully saturated rings. The third-order valence-electron chi connectivity index (χ3n) is 5.09. The highest BCUT2D eigenvalue weighted by molar-refractivity contribution is 7.91. The minimum Gasteiger partial charge on any atom is -0.322 e. The number of hydrogen-bond donors (Lipinski definition) is 1. The third-order valence-corrected chi connectivity index (χ3v) is 7.07. The normalized spacial score (nSPS) is 16.7. The van der Waals surface area contributed by atoms with E-state index in [1.54, 1.807) is 47.1 Å². The first-order chi connectivity index (χ1) is 12.9. The molecule has 1 aliphatic rings. The van der Waals surface area contributed by atoms with Gasteiger partial charge in [0.15, 0.2) is 5.03 Å². The van der Waals surface area contributed by atoms with Crippen LogP contribution < -0.4 is 5.43 Å². The molecule has 5 nitrogen and oxygen atoms in total. The number of hydrogen-bond acceptors (Lipinski definition) is 4. The molecule has 7 heteroatoms. The van der Waals surface area contributed by atoms with Crippen molar-refractivity contribution in [3.63, 3.8) is 0 Å². The lowest BCUT2D eigenvalue weighted by Crippen LogP contribution is -2.40. The van der Waals surface area contributed by atoms with Gasteiger partial charge in [0.2, 0.25) is 9.84 Å². The summed E-state index contributed by atoms with van der Waals surface area (Å²) < 4.78 is 28.3. The molecule has 142 valence electrons. The maximum atomic E-state index is 13.3. The van der Waals surface area contributed by atoms with Crippen molar-refractivity contribution < 1.29 is 8.42 Å². The summed E-state index contributed by atoms with van der Waals surface area (Å²) in [6.45, 7) is 1.98. The summed E-state index contributed by atoms with van der Waals surface area (Å²) in [5, 5.41) is 1.63. The van der Waals surface area contributed by atoms with Crippen LogP contribution in [-0.2, 0) is 9.84 Å². The molecular weight excluding hydrogens is 382 g/mol. The molecule has 0 unspecified atom stereocenters. The average molecular weight is 404 g/mol. The molecule has 0 atom stereocenters. The number of fused-ring (bicyclic) bond motifs is 1. The van der Waals surface area contributed by atoms with Gasteiger partial charge in [-0.1, -0.05) is 29.8 Å². The second-order valence-corrected chi connectivity index (χ2v) is 9.38. The standard InChI is InChI=1S/C20H22ClN3O2S/c1-23-11-9-17(10-12-23)22-24-19-8-7-16(21)13-15(19)14-20(24)27(25,26)18-5-3-2-4-6-18/h2-8,13-14,17,22H,9-12H2,1H3. The van der Waals surface area contributed by atoms with E-state index in [4.69, 9.17) is 11.6 Å². The second kappa shape index (κ2) is 7.19. The van der Waals surface area contributed by atoms with E-state index in [2.05, 4.69) is 17.4 Å². The van der Waals surface area contributed by atoms with Gasteiger partial charge in [0.1, 0.15) is 0 Å². The molecule has 2 aromatic carbocycles. The van der Waals surface area contributed by atoms with Crippen LogP contribution in [0, 0.1) is 0 Å². The lowest BCUT2D eigenvalue weighted by atomic mass is 10.1. The highest BCUT2D eigenvalue weighted by Gasteiger charge is 2.26. The zero-order valence-corrected chi connectivity index (χ0v) is 16.7. The van der Waals surface area contributed by atoms with Crippen molar-refractivity contribution in [2.45, 2.75) is 28.8 Å². The van der Waals surface area contributed by atoms with E-state index >= 15 is 0 Å². The minimum absolute atomic E-state index is 0.220. The van der Waals surface area contributed by atoms with Gasteiger partial charge in [0.05, 0.1) is 10.4 Å². The molecule has 1 saturated heterocycles. The van der Waals surface area contributed by atoms with E-state index in [0.29, 0.717) is 5.02 Å². The molecule has 0 spiro atoms. The van der Waals surface area contributed by atoms with E-state index in [-0.39, 0.29) is 16.0 Å². The molecular formula is C20H22ClN3O2S. The highest BCUT2D eigenvalue weighted by Crippen LogP contribution is 2.29. The van der Waals surface area contributed by atoms with Gasteiger partial charge in [0, 0.05) is 16.5 Å². The molecule has 2 heterocycles. The first kappa shape index (κ1) is 18.3. The van der Waals surface area contributed by atoms with Crippen LogP contribution in [0.1, 0.15) is 12.8 Å². The topological polar surface area (TPSA) is 54.3 Å². The van der Waals surface area contributed by atoms with Crippen molar-refractivity contribution in [3.8, 4) is 0 Å². The quantitative estimate of drug-likeness (QED) is 0.720. The Kier molecular flexibility index (Phi) is 4.88. The first-order valence-corrected chi connectivity index (χ1v) is 10.9. The van der Waals surface area contributed by atoms with E-state index in [1.165, 1.54) is 0 Å². The fourth-order valence-electron chi connectivity index (χ4n) is 3.53.